The van der Waals surface area contributed by atoms with Gasteiger partial charge in [0, 0.05) is 32.7 Å². The quantitative estimate of drug-likeness (QED) is 0.821. The smallest absolute Gasteiger partial charge is 0.240 e. The molecule has 1 aromatic rings. The van der Waals surface area contributed by atoms with Gasteiger partial charge in [0.25, 0.3) is 0 Å². The predicted molar refractivity (Wildman–Crippen MR) is 105 cm³/mol. The van der Waals surface area contributed by atoms with Crippen molar-refractivity contribution in [2.75, 3.05) is 32.7 Å². The van der Waals surface area contributed by atoms with Crippen LogP contribution in [0.15, 0.2) is 24.3 Å². The fourth-order valence-corrected chi connectivity index (χ4v) is 4.82. The van der Waals surface area contributed by atoms with Crippen LogP contribution in [0.25, 0.3) is 0 Å². The molecule has 2 fully saturated rings. The molecule has 0 saturated carbocycles. The maximum absolute atomic E-state index is 13.2. The molecular weight excluding hydrogens is 338 g/mol. The molecule has 1 aromatic carbocycles. The van der Waals surface area contributed by atoms with E-state index in [1.165, 1.54) is 17.5 Å². The van der Waals surface area contributed by atoms with E-state index in [4.69, 9.17) is 0 Å². The van der Waals surface area contributed by atoms with Crippen LogP contribution in [0.3, 0.4) is 0 Å². The van der Waals surface area contributed by atoms with Crippen LogP contribution in [-0.4, -0.2) is 65.3 Å². The van der Waals surface area contributed by atoms with Crippen LogP contribution in [-0.2, 0) is 22.6 Å². The Labute approximate surface area is 162 Å². The fourth-order valence-electron chi connectivity index (χ4n) is 4.82. The van der Waals surface area contributed by atoms with Crippen molar-refractivity contribution in [3.8, 4) is 0 Å². The SMILES string of the molecule is C[C@@H]1CCCN(C(=O)CN2Cc3ccccc3C[C@H]2C(=O)N2CCCC2)C1. The van der Waals surface area contributed by atoms with Gasteiger partial charge < -0.3 is 9.80 Å². The number of amides is 2. The van der Waals surface area contributed by atoms with Crippen molar-refractivity contribution >= 4 is 11.8 Å². The normalized spacial score (nSPS) is 26.1. The summed E-state index contributed by atoms with van der Waals surface area (Å²) in [6, 6.07) is 8.15. The van der Waals surface area contributed by atoms with Crippen LogP contribution in [0, 0.1) is 5.92 Å². The summed E-state index contributed by atoms with van der Waals surface area (Å²) in [5.41, 5.74) is 2.51. The van der Waals surface area contributed by atoms with Crippen molar-refractivity contribution in [2.45, 2.75) is 51.6 Å². The van der Waals surface area contributed by atoms with E-state index in [-0.39, 0.29) is 17.9 Å². The van der Waals surface area contributed by atoms with Crippen LogP contribution < -0.4 is 0 Å². The number of fused-ring (bicyclic) bond motifs is 1. The Morgan fingerprint density at radius 3 is 2.44 bits per heavy atom. The molecule has 3 heterocycles. The standard InChI is InChI=1S/C22H31N3O2/c1-17-7-6-12-24(14-17)21(26)16-25-15-19-9-3-2-8-18(19)13-20(25)22(27)23-10-4-5-11-23/h2-3,8-9,17,20H,4-7,10-16H2,1H3/t17-,20+/m1/s1. The Kier molecular flexibility index (Phi) is 5.48. The summed E-state index contributed by atoms with van der Waals surface area (Å²) in [5, 5.41) is 0. The van der Waals surface area contributed by atoms with E-state index in [1.807, 2.05) is 21.9 Å². The van der Waals surface area contributed by atoms with E-state index in [0.29, 0.717) is 19.0 Å². The number of nitrogens with zero attached hydrogens (tertiary/aromatic N) is 3. The first-order valence-corrected chi connectivity index (χ1v) is 10.5. The summed E-state index contributed by atoms with van der Waals surface area (Å²) in [6.07, 6.45) is 5.21. The molecule has 3 aliphatic rings. The third kappa shape index (κ3) is 4.03. The molecule has 2 amide bonds. The average molecular weight is 370 g/mol. The Balaban J connectivity index is 1.51. The van der Waals surface area contributed by atoms with Gasteiger partial charge in [0.15, 0.2) is 0 Å². The van der Waals surface area contributed by atoms with Crippen molar-refractivity contribution in [1.82, 2.24) is 14.7 Å². The molecule has 5 heteroatoms. The molecule has 0 spiro atoms. The summed E-state index contributed by atoms with van der Waals surface area (Å²) < 4.78 is 0. The zero-order chi connectivity index (χ0) is 18.8. The van der Waals surface area contributed by atoms with Crippen molar-refractivity contribution in [3.63, 3.8) is 0 Å². The largest absolute Gasteiger partial charge is 0.341 e. The Morgan fingerprint density at radius 2 is 1.70 bits per heavy atom. The average Bonchev–Trinajstić information content (AvgIpc) is 3.21. The molecule has 2 saturated heterocycles. The lowest BCUT2D eigenvalue weighted by Gasteiger charge is -2.39. The summed E-state index contributed by atoms with van der Waals surface area (Å²) >= 11 is 0. The van der Waals surface area contributed by atoms with Crippen LogP contribution >= 0.6 is 0 Å². The maximum atomic E-state index is 13.2. The first-order valence-electron chi connectivity index (χ1n) is 10.5. The molecule has 5 nitrogen and oxygen atoms in total. The molecular formula is C22H31N3O2. The zero-order valence-electron chi connectivity index (χ0n) is 16.4. The monoisotopic (exact) mass is 369 g/mol. The van der Waals surface area contributed by atoms with E-state index in [9.17, 15) is 9.59 Å². The highest BCUT2D eigenvalue weighted by atomic mass is 16.2. The summed E-state index contributed by atoms with van der Waals surface area (Å²) in [5.74, 6) is 0.966. The summed E-state index contributed by atoms with van der Waals surface area (Å²) in [4.78, 5) is 32.3. The minimum Gasteiger partial charge on any atom is -0.341 e. The van der Waals surface area contributed by atoms with E-state index < -0.39 is 0 Å². The van der Waals surface area contributed by atoms with Crippen molar-refractivity contribution < 1.29 is 9.59 Å². The lowest BCUT2D eigenvalue weighted by Crippen LogP contribution is -2.54. The van der Waals surface area contributed by atoms with Crippen LogP contribution in [0.5, 0.6) is 0 Å². The van der Waals surface area contributed by atoms with Gasteiger partial charge in [-0.3, -0.25) is 14.5 Å². The van der Waals surface area contributed by atoms with Gasteiger partial charge in [-0.25, -0.2) is 0 Å². The van der Waals surface area contributed by atoms with Crippen LogP contribution in [0.2, 0.25) is 0 Å². The Morgan fingerprint density at radius 1 is 1.00 bits per heavy atom. The predicted octanol–water partition coefficient (Wildman–Crippen LogP) is 2.29. The highest BCUT2D eigenvalue weighted by molar-refractivity contribution is 5.84. The van der Waals surface area contributed by atoms with Gasteiger partial charge in [0.1, 0.15) is 0 Å². The molecule has 2 atom stereocenters. The van der Waals surface area contributed by atoms with E-state index in [2.05, 4.69) is 24.0 Å². The summed E-state index contributed by atoms with van der Waals surface area (Å²) in [7, 11) is 0. The van der Waals surface area contributed by atoms with Gasteiger partial charge in [0.2, 0.25) is 11.8 Å². The molecule has 0 unspecified atom stereocenters. The lowest BCUT2D eigenvalue weighted by molar-refractivity contribution is -0.140. The Hall–Kier alpha value is -1.88. The molecule has 0 aromatic heterocycles. The lowest BCUT2D eigenvalue weighted by atomic mass is 9.93. The van der Waals surface area contributed by atoms with Gasteiger partial charge in [-0.2, -0.15) is 0 Å². The third-order valence-electron chi connectivity index (χ3n) is 6.40. The topological polar surface area (TPSA) is 43.9 Å². The van der Waals surface area contributed by atoms with Crippen LogP contribution in [0.4, 0.5) is 0 Å². The number of hydrogen-bond acceptors (Lipinski definition) is 3. The first kappa shape index (κ1) is 18.5. The minimum absolute atomic E-state index is 0.181. The highest BCUT2D eigenvalue weighted by Gasteiger charge is 2.36. The first-order chi connectivity index (χ1) is 13.1. The summed E-state index contributed by atoms with van der Waals surface area (Å²) in [6.45, 7) is 6.70. The second kappa shape index (κ2) is 8.01. The third-order valence-corrected chi connectivity index (χ3v) is 6.40. The van der Waals surface area contributed by atoms with Crippen molar-refractivity contribution in [2.24, 2.45) is 5.92 Å². The van der Waals surface area contributed by atoms with Crippen LogP contribution in [0.1, 0.15) is 43.7 Å². The van der Waals surface area contributed by atoms with Crippen molar-refractivity contribution in [1.29, 1.82) is 0 Å². The molecule has 4 rings (SSSR count). The molecule has 27 heavy (non-hydrogen) atoms. The number of rotatable bonds is 3. The molecule has 0 aliphatic carbocycles. The van der Waals surface area contributed by atoms with Gasteiger partial charge in [-0.05, 0) is 49.1 Å². The van der Waals surface area contributed by atoms with E-state index >= 15 is 0 Å². The molecule has 0 N–H and O–H groups in total. The maximum Gasteiger partial charge on any atom is 0.240 e. The number of hydrogen-bond donors (Lipinski definition) is 0. The zero-order valence-corrected chi connectivity index (χ0v) is 16.4. The Bertz CT molecular complexity index is 699. The van der Waals surface area contributed by atoms with Crippen molar-refractivity contribution in [3.05, 3.63) is 35.4 Å². The molecule has 146 valence electrons. The second-order valence-electron chi connectivity index (χ2n) is 8.51. The second-order valence-corrected chi connectivity index (χ2v) is 8.51. The fraction of sp³-hybridized carbons (Fsp3) is 0.636. The molecule has 0 radical (unpaired) electrons. The van der Waals surface area contributed by atoms with E-state index in [1.54, 1.807) is 0 Å². The molecule has 3 aliphatic heterocycles. The minimum atomic E-state index is -0.204. The number of likely N-dealkylation sites (tertiary alicyclic amines) is 2. The van der Waals surface area contributed by atoms with Gasteiger partial charge in [-0.1, -0.05) is 31.2 Å². The number of piperidine rings is 1. The van der Waals surface area contributed by atoms with Gasteiger partial charge in [0.05, 0.1) is 12.6 Å². The molecule has 0 bridgehead atoms. The number of carbonyl (C=O) groups excluding carboxylic acids is 2. The highest BCUT2D eigenvalue weighted by Crippen LogP contribution is 2.26. The number of carbonyl (C=O) groups is 2. The number of benzene rings is 1. The van der Waals surface area contributed by atoms with Gasteiger partial charge in [-0.15, -0.1) is 0 Å². The van der Waals surface area contributed by atoms with E-state index in [0.717, 1.165) is 51.9 Å². The van der Waals surface area contributed by atoms with Gasteiger partial charge >= 0.3 is 0 Å².